The quantitative estimate of drug-likeness (QED) is 0.679. The SMILES string of the molecule is COc1ccc(Cc2nn3c(C45CC6CC(CC(C6)C4)C5)nnc3s2)cc1. The average Bonchev–Trinajstić information content (AvgIpc) is 3.21. The van der Waals surface area contributed by atoms with Crippen molar-refractivity contribution in [2.75, 3.05) is 7.11 Å². The van der Waals surface area contributed by atoms with Crippen LogP contribution >= 0.6 is 11.3 Å². The maximum Gasteiger partial charge on any atom is 0.234 e. The summed E-state index contributed by atoms with van der Waals surface area (Å²) in [4.78, 5) is 0.948. The summed E-state index contributed by atoms with van der Waals surface area (Å²) < 4.78 is 7.33. The van der Waals surface area contributed by atoms with Gasteiger partial charge in [0.2, 0.25) is 4.96 Å². The average molecular weight is 381 g/mol. The molecule has 0 N–H and O–H groups in total. The van der Waals surface area contributed by atoms with Crippen LogP contribution in [-0.2, 0) is 11.8 Å². The molecule has 6 heteroatoms. The van der Waals surface area contributed by atoms with E-state index in [1.807, 2.05) is 12.1 Å². The predicted molar refractivity (Wildman–Crippen MR) is 104 cm³/mol. The Kier molecular flexibility index (Phi) is 3.43. The molecule has 27 heavy (non-hydrogen) atoms. The lowest BCUT2D eigenvalue weighted by molar-refractivity contribution is -0.0103. The van der Waals surface area contributed by atoms with Crippen molar-refractivity contribution in [2.24, 2.45) is 17.8 Å². The minimum atomic E-state index is 0.236. The third-order valence-electron chi connectivity index (χ3n) is 7.06. The maximum absolute atomic E-state index is 5.25. The molecule has 140 valence electrons. The Labute approximate surface area is 162 Å². The van der Waals surface area contributed by atoms with E-state index >= 15 is 0 Å². The summed E-state index contributed by atoms with van der Waals surface area (Å²) in [6.07, 6.45) is 9.06. The van der Waals surface area contributed by atoms with Crippen molar-refractivity contribution in [3.8, 4) is 5.75 Å². The molecule has 2 aromatic heterocycles. The normalized spacial score (nSPS) is 31.7. The van der Waals surface area contributed by atoms with Crippen LogP contribution in [-0.4, -0.2) is 26.9 Å². The lowest BCUT2D eigenvalue weighted by Crippen LogP contribution is -2.49. The van der Waals surface area contributed by atoms with Gasteiger partial charge in [-0.05, 0) is 74.0 Å². The molecule has 0 saturated heterocycles. The lowest BCUT2D eigenvalue weighted by atomic mass is 9.49. The Morgan fingerprint density at radius 3 is 2.33 bits per heavy atom. The molecule has 7 rings (SSSR count). The molecule has 4 saturated carbocycles. The van der Waals surface area contributed by atoms with E-state index < -0.39 is 0 Å². The van der Waals surface area contributed by atoms with Crippen molar-refractivity contribution >= 4 is 16.3 Å². The first-order valence-electron chi connectivity index (χ1n) is 10.1. The number of fused-ring (bicyclic) bond motifs is 1. The monoisotopic (exact) mass is 380 g/mol. The molecular weight excluding hydrogens is 356 g/mol. The number of rotatable bonds is 4. The second kappa shape index (κ2) is 5.77. The van der Waals surface area contributed by atoms with E-state index in [9.17, 15) is 0 Å². The number of nitrogens with zero attached hydrogens (tertiary/aromatic N) is 4. The fourth-order valence-electron chi connectivity index (χ4n) is 6.36. The van der Waals surface area contributed by atoms with Gasteiger partial charge >= 0.3 is 0 Å². The largest absolute Gasteiger partial charge is 0.497 e. The second-order valence-corrected chi connectivity index (χ2v) is 9.98. The highest BCUT2D eigenvalue weighted by atomic mass is 32.1. The zero-order valence-corrected chi connectivity index (χ0v) is 16.4. The van der Waals surface area contributed by atoms with Gasteiger partial charge in [0.1, 0.15) is 10.8 Å². The van der Waals surface area contributed by atoms with Gasteiger partial charge in [-0.1, -0.05) is 23.5 Å². The van der Waals surface area contributed by atoms with Gasteiger partial charge in [-0.15, -0.1) is 10.2 Å². The molecule has 0 amide bonds. The van der Waals surface area contributed by atoms with Crippen LogP contribution in [0.4, 0.5) is 0 Å². The Bertz CT molecular complexity index is 954. The third kappa shape index (κ3) is 2.53. The predicted octanol–water partition coefficient (Wildman–Crippen LogP) is 4.25. The van der Waals surface area contributed by atoms with Crippen molar-refractivity contribution in [3.05, 3.63) is 40.7 Å². The van der Waals surface area contributed by atoms with Gasteiger partial charge < -0.3 is 4.74 Å². The van der Waals surface area contributed by atoms with E-state index in [1.165, 1.54) is 44.1 Å². The number of methoxy groups -OCH3 is 1. The summed E-state index contributed by atoms with van der Waals surface area (Å²) in [7, 11) is 1.70. The number of hydrogen-bond acceptors (Lipinski definition) is 5. The number of aromatic nitrogens is 4. The highest BCUT2D eigenvalue weighted by molar-refractivity contribution is 7.16. The van der Waals surface area contributed by atoms with Crippen LogP contribution < -0.4 is 4.74 Å². The van der Waals surface area contributed by atoms with Gasteiger partial charge in [-0.25, -0.2) is 0 Å². The minimum absolute atomic E-state index is 0.236. The van der Waals surface area contributed by atoms with Gasteiger partial charge in [0.05, 0.1) is 7.11 Å². The fourth-order valence-corrected chi connectivity index (χ4v) is 7.23. The molecule has 0 radical (unpaired) electrons. The second-order valence-electron chi connectivity index (χ2n) is 8.94. The van der Waals surface area contributed by atoms with Gasteiger partial charge in [0.25, 0.3) is 0 Å². The van der Waals surface area contributed by atoms with E-state index in [1.54, 1.807) is 18.4 Å². The van der Waals surface area contributed by atoms with Crippen LogP contribution in [0.25, 0.3) is 4.96 Å². The molecule has 1 aromatic carbocycles. The number of benzene rings is 1. The molecule has 0 aliphatic heterocycles. The van der Waals surface area contributed by atoms with Crippen LogP contribution in [0.5, 0.6) is 5.75 Å². The highest BCUT2D eigenvalue weighted by Gasteiger charge is 2.54. The van der Waals surface area contributed by atoms with Crippen LogP contribution in [0, 0.1) is 17.8 Å². The van der Waals surface area contributed by atoms with E-state index in [0.29, 0.717) is 0 Å². The van der Waals surface area contributed by atoms with Crippen molar-refractivity contribution in [2.45, 2.75) is 50.4 Å². The molecule has 3 aromatic rings. The Morgan fingerprint density at radius 2 is 1.70 bits per heavy atom. The molecule has 0 unspecified atom stereocenters. The zero-order valence-electron chi connectivity index (χ0n) is 15.6. The van der Waals surface area contributed by atoms with Crippen molar-refractivity contribution in [3.63, 3.8) is 0 Å². The highest BCUT2D eigenvalue weighted by Crippen LogP contribution is 2.60. The first-order chi connectivity index (χ1) is 13.2. The van der Waals surface area contributed by atoms with Crippen LogP contribution in [0.15, 0.2) is 24.3 Å². The standard InChI is InChI=1S/C21H24N4OS/c1-26-17-4-2-13(3-5-17)9-18-24-25-19(22-23-20(25)27-18)21-10-14-6-15(11-21)8-16(7-14)12-21/h2-5,14-16H,6-12H2,1H3. The Hall–Kier alpha value is -1.95. The van der Waals surface area contributed by atoms with Crippen LogP contribution in [0.2, 0.25) is 0 Å². The summed E-state index contributed by atoms with van der Waals surface area (Å²) in [5, 5.41) is 15.2. The van der Waals surface area contributed by atoms with Crippen LogP contribution in [0.3, 0.4) is 0 Å². The van der Waals surface area contributed by atoms with Gasteiger partial charge in [-0.3, -0.25) is 0 Å². The third-order valence-corrected chi connectivity index (χ3v) is 7.96. The Morgan fingerprint density at radius 1 is 1.04 bits per heavy atom. The summed E-state index contributed by atoms with van der Waals surface area (Å²) >= 11 is 1.67. The molecule has 4 aliphatic rings. The van der Waals surface area contributed by atoms with E-state index in [0.717, 1.165) is 45.7 Å². The summed E-state index contributed by atoms with van der Waals surface area (Å²) in [5.41, 5.74) is 1.48. The van der Waals surface area contributed by atoms with Gasteiger partial charge in [0.15, 0.2) is 5.82 Å². The Balaban J connectivity index is 1.33. The fraction of sp³-hybridized carbons (Fsp3) is 0.571. The molecule has 4 bridgehead atoms. The van der Waals surface area contributed by atoms with Gasteiger partial charge in [-0.2, -0.15) is 9.61 Å². The number of ether oxygens (including phenoxy) is 1. The van der Waals surface area contributed by atoms with Crippen LogP contribution in [0.1, 0.15) is 54.9 Å². The topological polar surface area (TPSA) is 52.3 Å². The minimum Gasteiger partial charge on any atom is -0.497 e. The molecule has 5 nitrogen and oxygen atoms in total. The van der Waals surface area contributed by atoms with Crippen molar-refractivity contribution in [1.29, 1.82) is 0 Å². The number of hydrogen-bond donors (Lipinski definition) is 0. The van der Waals surface area contributed by atoms with E-state index in [4.69, 9.17) is 9.84 Å². The zero-order chi connectivity index (χ0) is 18.0. The van der Waals surface area contributed by atoms with Crippen molar-refractivity contribution in [1.82, 2.24) is 19.8 Å². The molecular formula is C21H24N4OS. The summed E-state index contributed by atoms with van der Waals surface area (Å²) in [6, 6.07) is 8.25. The molecule has 4 aliphatic carbocycles. The summed E-state index contributed by atoms with van der Waals surface area (Å²) in [5.74, 6) is 4.75. The molecule has 0 atom stereocenters. The molecule has 4 fully saturated rings. The molecule has 0 spiro atoms. The lowest BCUT2D eigenvalue weighted by Gasteiger charge is -2.55. The first-order valence-corrected chi connectivity index (χ1v) is 10.9. The first kappa shape index (κ1) is 16.0. The van der Waals surface area contributed by atoms with Crippen molar-refractivity contribution < 1.29 is 4.74 Å². The van der Waals surface area contributed by atoms with E-state index in [-0.39, 0.29) is 5.41 Å². The maximum atomic E-state index is 5.25. The summed E-state index contributed by atoms with van der Waals surface area (Å²) in [6.45, 7) is 0. The smallest absolute Gasteiger partial charge is 0.234 e. The van der Waals surface area contributed by atoms with Gasteiger partial charge in [0, 0.05) is 11.8 Å². The van der Waals surface area contributed by atoms with E-state index in [2.05, 4.69) is 26.8 Å². The molecule has 2 heterocycles.